The van der Waals surface area contributed by atoms with Crippen LogP contribution in [0.2, 0.25) is 0 Å². The standard InChI is InChI=1S/C6H10O3/c7-5-3-9-6-4(5)1-2-8-6/h4-7H,1-3H2/i3D,4D,5D,6D. The second-order valence-corrected chi connectivity index (χ2v) is 1.99. The highest BCUT2D eigenvalue weighted by molar-refractivity contribution is 4.81. The molecule has 0 aromatic carbocycles. The van der Waals surface area contributed by atoms with Gasteiger partial charge in [0.2, 0.25) is 0 Å². The van der Waals surface area contributed by atoms with Crippen LogP contribution < -0.4 is 0 Å². The van der Waals surface area contributed by atoms with Gasteiger partial charge in [-0.05, 0) is 6.42 Å². The Morgan fingerprint density at radius 2 is 2.56 bits per heavy atom. The summed E-state index contributed by atoms with van der Waals surface area (Å²) in [6, 6.07) is 0. The van der Waals surface area contributed by atoms with E-state index in [2.05, 4.69) is 4.74 Å². The zero-order valence-corrected chi connectivity index (χ0v) is 4.76. The summed E-state index contributed by atoms with van der Waals surface area (Å²) in [4.78, 5) is 0. The van der Waals surface area contributed by atoms with Crippen molar-refractivity contribution in [2.45, 2.75) is 18.8 Å². The highest BCUT2D eigenvalue weighted by atomic mass is 16.7. The van der Waals surface area contributed by atoms with Crippen LogP contribution in [0.5, 0.6) is 0 Å². The fourth-order valence-corrected chi connectivity index (χ4v) is 0.953. The van der Waals surface area contributed by atoms with Gasteiger partial charge >= 0.3 is 0 Å². The van der Waals surface area contributed by atoms with Crippen molar-refractivity contribution >= 4 is 0 Å². The van der Waals surface area contributed by atoms with Crippen LogP contribution in [0.1, 0.15) is 11.9 Å². The van der Waals surface area contributed by atoms with E-state index in [1.54, 1.807) is 0 Å². The number of fused-ring (bicyclic) bond motifs is 1. The smallest absolute Gasteiger partial charge is 0.163 e. The number of ether oxygens (including phenoxy) is 2. The lowest BCUT2D eigenvalue weighted by Gasteiger charge is -2.06. The third kappa shape index (κ3) is 0.764. The molecule has 0 aromatic rings. The van der Waals surface area contributed by atoms with Crippen molar-refractivity contribution < 1.29 is 20.1 Å². The number of rotatable bonds is 0. The highest BCUT2D eigenvalue weighted by Gasteiger charge is 2.40. The van der Waals surface area contributed by atoms with Crippen LogP contribution in [0.15, 0.2) is 0 Å². The lowest BCUT2D eigenvalue weighted by atomic mass is 10.0. The van der Waals surface area contributed by atoms with E-state index < -0.39 is 24.8 Å². The molecule has 3 heteroatoms. The molecule has 0 aromatic heterocycles. The predicted octanol–water partition coefficient (Wildman–Crippen LogP) is -0.260. The van der Waals surface area contributed by atoms with Crippen molar-refractivity contribution in [1.82, 2.24) is 0 Å². The Labute approximate surface area is 59.2 Å². The van der Waals surface area contributed by atoms with E-state index >= 15 is 0 Å². The topological polar surface area (TPSA) is 38.7 Å². The van der Waals surface area contributed by atoms with E-state index in [1.807, 2.05) is 0 Å². The summed E-state index contributed by atoms with van der Waals surface area (Å²) in [7, 11) is 0. The first-order valence-electron chi connectivity index (χ1n) is 4.88. The van der Waals surface area contributed by atoms with Gasteiger partial charge in [-0.2, -0.15) is 0 Å². The van der Waals surface area contributed by atoms with Gasteiger partial charge in [0.05, 0.1) is 23.4 Å². The molecule has 0 spiro atoms. The molecule has 9 heavy (non-hydrogen) atoms. The van der Waals surface area contributed by atoms with Crippen LogP contribution in [-0.4, -0.2) is 30.6 Å². The summed E-state index contributed by atoms with van der Waals surface area (Å²) in [6.45, 7) is -1.52. The Bertz CT molecular complexity index is 241. The summed E-state index contributed by atoms with van der Waals surface area (Å²) >= 11 is 0. The van der Waals surface area contributed by atoms with Crippen molar-refractivity contribution in [2.24, 2.45) is 5.89 Å². The Morgan fingerprint density at radius 3 is 3.33 bits per heavy atom. The molecule has 52 valence electrons. The summed E-state index contributed by atoms with van der Waals surface area (Å²) < 4.78 is 39.4. The molecule has 1 N–H and O–H groups in total. The third-order valence-electron chi connectivity index (χ3n) is 1.42. The Kier molecular flexibility index (Phi) is 0.616. The van der Waals surface area contributed by atoms with E-state index in [-0.39, 0.29) is 13.0 Å². The van der Waals surface area contributed by atoms with Crippen LogP contribution in [0.3, 0.4) is 0 Å². The van der Waals surface area contributed by atoms with Crippen LogP contribution in [0.4, 0.5) is 0 Å². The molecule has 2 aliphatic rings. The van der Waals surface area contributed by atoms with E-state index in [9.17, 15) is 5.11 Å². The van der Waals surface area contributed by atoms with Gasteiger partial charge in [0, 0.05) is 7.26 Å². The minimum atomic E-state index is -2.40. The first-order chi connectivity index (χ1) is 5.83. The molecule has 0 aliphatic carbocycles. The van der Waals surface area contributed by atoms with Gasteiger partial charge in [-0.25, -0.2) is 0 Å². The second kappa shape index (κ2) is 1.94. The fraction of sp³-hybridized carbons (Fsp3) is 1.00. The Hall–Kier alpha value is -0.120. The molecular formula is C6H10O3. The van der Waals surface area contributed by atoms with Gasteiger partial charge in [-0.15, -0.1) is 0 Å². The van der Waals surface area contributed by atoms with Crippen molar-refractivity contribution in [1.29, 1.82) is 0 Å². The largest absolute Gasteiger partial charge is 0.390 e. The molecular weight excluding hydrogens is 120 g/mol. The van der Waals surface area contributed by atoms with Gasteiger partial charge in [0.1, 0.15) is 0 Å². The second-order valence-electron chi connectivity index (χ2n) is 1.99. The minimum absolute atomic E-state index is 0.0336. The normalized spacial score (nSPS) is 88.8. The Balaban J connectivity index is 2.45. The first kappa shape index (κ1) is 2.86. The van der Waals surface area contributed by atoms with Crippen molar-refractivity contribution in [3.05, 3.63) is 0 Å². The highest BCUT2D eigenvalue weighted by Crippen LogP contribution is 2.30. The lowest BCUT2D eigenvalue weighted by Crippen LogP contribution is -2.18. The summed E-state index contributed by atoms with van der Waals surface area (Å²) in [5, 5.41) is 9.52. The van der Waals surface area contributed by atoms with Gasteiger partial charge < -0.3 is 14.6 Å². The Morgan fingerprint density at radius 1 is 1.67 bits per heavy atom. The van der Waals surface area contributed by atoms with E-state index in [1.165, 1.54) is 0 Å². The van der Waals surface area contributed by atoms with Crippen LogP contribution in [0, 0.1) is 5.89 Å². The first-order valence-corrected chi connectivity index (χ1v) is 2.80. The maximum atomic E-state index is 9.52. The molecule has 2 fully saturated rings. The molecule has 2 heterocycles. The zero-order chi connectivity index (χ0) is 9.91. The fourth-order valence-electron chi connectivity index (χ4n) is 0.953. The summed E-state index contributed by atoms with van der Waals surface area (Å²) in [6.07, 6.45) is -4.42. The summed E-state index contributed by atoms with van der Waals surface area (Å²) in [5.74, 6) is -1.88. The van der Waals surface area contributed by atoms with E-state index in [4.69, 9.17) is 10.2 Å². The molecule has 2 saturated heterocycles. The maximum Gasteiger partial charge on any atom is 0.163 e. The molecule has 2 aliphatic heterocycles. The van der Waals surface area contributed by atoms with Crippen LogP contribution in [-0.2, 0) is 9.47 Å². The zero-order valence-electron chi connectivity index (χ0n) is 8.76. The van der Waals surface area contributed by atoms with Gasteiger partial charge in [-0.1, -0.05) is 0 Å². The van der Waals surface area contributed by atoms with Gasteiger partial charge in [-0.3, -0.25) is 0 Å². The van der Waals surface area contributed by atoms with Crippen LogP contribution >= 0.6 is 0 Å². The van der Waals surface area contributed by atoms with Crippen molar-refractivity contribution in [2.75, 3.05) is 13.2 Å². The lowest BCUT2D eigenvalue weighted by molar-refractivity contribution is -0.0907. The quantitative estimate of drug-likeness (QED) is 0.496. The van der Waals surface area contributed by atoms with E-state index in [0.29, 0.717) is 0 Å². The number of aliphatic hydroxyl groups is 1. The van der Waals surface area contributed by atoms with Crippen molar-refractivity contribution in [3.8, 4) is 0 Å². The predicted molar refractivity (Wildman–Crippen MR) is 29.8 cm³/mol. The van der Waals surface area contributed by atoms with Crippen molar-refractivity contribution in [3.63, 3.8) is 0 Å². The number of hydrogen-bond acceptors (Lipinski definition) is 3. The summed E-state index contributed by atoms with van der Waals surface area (Å²) in [5.41, 5.74) is 0. The molecule has 0 amide bonds. The molecule has 0 saturated carbocycles. The average Bonchev–Trinajstić information content (AvgIpc) is 2.34. The van der Waals surface area contributed by atoms with Gasteiger partial charge in [0.25, 0.3) is 0 Å². The SMILES string of the molecule is [2H]C1OC2([2H])OCCC2([2H])C1([2H])O. The number of hydrogen-bond donors (Lipinski definition) is 1. The molecule has 3 nitrogen and oxygen atoms in total. The third-order valence-corrected chi connectivity index (χ3v) is 1.42. The van der Waals surface area contributed by atoms with Gasteiger partial charge in [0.15, 0.2) is 6.27 Å². The van der Waals surface area contributed by atoms with E-state index in [0.717, 1.165) is 0 Å². The van der Waals surface area contributed by atoms with Crippen LogP contribution in [0.25, 0.3) is 0 Å². The molecule has 2 rings (SSSR count). The monoisotopic (exact) mass is 134 g/mol. The molecule has 0 radical (unpaired) electrons. The average molecular weight is 134 g/mol. The maximum absolute atomic E-state index is 9.52. The molecule has 0 bridgehead atoms. The molecule has 4 atom stereocenters. The molecule has 4 unspecified atom stereocenters. The minimum Gasteiger partial charge on any atom is -0.390 e.